The van der Waals surface area contributed by atoms with Crippen molar-refractivity contribution >= 4 is 144 Å². The summed E-state index contributed by atoms with van der Waals surface area (Å²) < 4.78 is 31.6. The fraction of sp³-hybridized carbons (Fsp3) is 0.312. The molecule has 188 valence electrons. The molecule has 0 aliphatic carbocycles. The average molecular weight is 1060 g/mol. The molecule has 0 saturated heterocycles. The molecule has 0 spiro atoms. The van der Waals surface area contributed by atoms with E-state index in [4.69, 9.17) is 13.1 Å². The van der Waals surface area contributed by atoms with Gasteiger partial charge in [-0.2, -0.15) is 4.98 Å². The number of halogens is 6. The van der Waals surface area contributed by atoms with E-state index in [1.54, 1.807) is 30.3 Å². The third-order valence-corrected chi connectivity index (χ3v) is 12.0. The molecule has 1 heterocycles. The van der Waals surface area contributed by atoms with Crippen LogP contribution in [0.3, 0.4) is 0 Å². The summed E-state index contributed by atoms with van der Waals surface area (Å²) in [5, 5.41) is 2.77. The van der Waals surface area contributed by atoms with Crippen LogP contribution in [0.25, 0.3) is 0 Å². The van der Waals surface area contributed by atoms with Crippen molar-refractivity contribution in [2.45, 2.75) is 18.7 Å². The Morgan fingerprint density at radius 3 is 2.44 bits per heavy atom. The number of benzene rings is 1. The van der Waals surface area contributed by atoms with Gasteiger partial charge in [0.05, 0.1) is 6.61 Å². The molecule has 0 aliphatic heterocycles. The van der Waals surface area contributed by atoms with Crippen LogP contribution in [0.4, 0.5) is 10.2 Å². The van der Waals surface area contributed by atoms with Gasteiger partial charge in [-0.15, -0.1) is 0 Å². The lowest BCUT2D eigenvalue weighted by molar-refractivity contribution is -0.134. The van der Waals surface area contributed by atoms with Crippen molar-refractivity contribution in [3.05, 3.63) is 58.6 Å². The summed E-state index contributed by atoms with van der Waals surface area (Å²) >= 11 is 14.3. The van der Waals surface area contributed by atoms with Crippen molar-refractivity contribution in [2.24, 2.45) is 0 Å². The Morgan fingerprint density at radius 1 is 1.18 bits per heavy atom. The Labute approximate surface area is 266 Å². The molecule has 0 fully saturated rings. The Morgan fingerprint density at radius 2 is 1.85 bits per heavy atom. The molecule has 0 aliphatic rings. The summed E-state index contributed by atoms with van der Waals surface area (Å²) in [5.41, 5.74) is -0.229. The van der Waals surface area contributed by atoms with E-state index < -0.39 is 29.2 Å². The van der Waals surface area contributed by atoms with E-state index in [9.17, 15) is 14.0 Å². The number of nitrogens with zero attached hydrogens (tertiary/aromatic N) is 2. The first-order valence-electron chi connectivity index (χ1n) is 8.88. The third kappa shape index (κ3) is 12.0. The summed E-state index contributed by atoms with van der Waals surface area (Å²) in [4.78, 5) is 28.9. The highest BCUT2D eigenvalue weighted by Gasteiger charge is 2.29. The van der Waals surface area contributed by atoms with Crippen molar-refractivity contribution in [1.29, 1.82) is 0 Å². The van der Waals surface area contributed by atoms with Gasteiger partial charge in [0.15, 0.2) is 0 Å². The fourth-order valence-electron chi connectivity index (χ4n) is 2.31. The molecule has 0 saturated carbocycles. The summed E-state index contributed by atoms with van der Waals surface area (Å²) in [6.07, 6.45) is -2.31. The zero-order valence-corrected chi connectivity index (χ0v) is 30.2. The van der Waals surface area contributed by atoms with Crippen LogP contribution in [-0.4, -0.2) is 39.9 Å². The molecule has 18 heteroatoms. The molecule has 1 aromatic carbocycles. The number of aromatic nitrogens is 2. The predicted molar refractivity (Wildman–Crippen MR) is 178 cm³/mol. The van der Waals surface area contributed by atoms with Gasteiger partial charge in [-0.3, -0.25) is 13.5 Å². The van der Waals surface area contributed by atoms with Crippen LogP contribution in [0.15, 0.2) is 47.4 Å². The van der Waals surface area contributed by atoms with Crippen LogP contribution in [0.5, 0.6) is 0 Å². The number of carbonyl (C=O) groups is 1. The molecule has 1 aromatic heterocycles. The Balaban J connectivity index is 2.12. The van der Waals surface area contributed by atoms with E-state index in [0.29, 0.717) is 5.56 Å². The van der Waals surface area contributed by atoms with Gasteiger partial charge in [0.25, 0.3) is 5.91 Å². The van der Waals surface area contributed by atoms with Gasteiger partial charge in [-0.25, -0.2) is 9.18 Å². The number of hydrogen-bond acceptors (Lipinski definition) is 8. The first-order valence-corrected chi connectivity index (χ1v) is 26.5. The minimum absolute atomic E-state index is 0.0749. The van der Waals surface area contributed by atoms with Crippen LogP contribution in [-0.2, 0) is 13.1 Å². The predicted octanol–water partition coefficient (Wildman–Crippen LogP) is 8.59. The van der Waals surface area contributed by atoms with Crippen LogP contribution >= 0.6 is 132 Å². The highest BCUT2D eigenvalue weighted by molar-refractivity contribution is 14.3. The SMILES string of the molecule is O=C(Nc1ccn([C@@H](CBr)O[C@H](COSP(I)I)[C@H](F)OSP(I)I)c(=O)n1)c1ccccc1. The molecule has 0 unspecified atom stereocenters. The monoisotopic (exact) mass is 1060 g/mol. The zero-order valence-electron chi connectivity index (χ0n) is 16.6. The molecule has 34 heavy (non-hydrogen) atoms. The Hall–Kier alpha value is 2.34. The van der Waals surface area contributed by atoms with Crippen molar-refractivity contribution in [3.8, 4) is 0 Å². The van der Waals surface area contributed by atoms with E-state index in [1.165, 1.54) is 28.5 Å². The topological polar surface area (TPSA) is 91.7 Å². The van der Waals surface area contributed by atoms with E-state index in [2.05, 4.69) is 114 Å². The lowest BCUT2D eigenvalue weighted by Gasteiger charge is -2.26. The number of amides is 1. The van der Waals surface area contributed by atoms with Crippen molar-refractivity contribution in [2.75, 3.05) is 17.3 Å². The Kier molecular flexibility index (Phi) is 17.1. The molecule has 8 nitrogen and oxygen atoms in total. The van der Waals surface area contributed by atoms with Gasteiger partial charge in [-0.1, -0.05) is 34.1 Å². The summed E-state index contributed by atoms with van der Waals surface area (Å²) in [7, 11) is 0. The van der Waals surface area contributed by atoms with Gasteiger partial charge in [0.1, 0.15) is 23.0 Å². The lowest BCUT2D eigenvalue weighted by atomic mass is 10.2. The van der Waals surface area contributed by atoms with Gasteiger partial charge >= 0.3 is 5.69 Å². The maximum atomic E-state index is 14.8. The van der Waals surface area contributed by atoms with Crippen molar-refractivity contribution in [1.82, 2.24) is 9.55 Å². The normalized spacial score (nSPS) is 14.2. The van der Waals surface area contributed by atoms with E-state index in [1.807, 2.05) is 0 Å². The number of hydrogen-bond donors (Lipinski definition) is 1. The Bertz CT molecular complexity index is 976. The van der Waals surface area contributed by atoms with E-state index in [0.717, 1.165) is 11.7 Å². The number of rotatable bonds is 14. The molecule has 2 rings (SSSR count). The molecule has 3 atom stereocenters. The van der Waals surface area contributed by atoms with Gasteiger partial charge in [-0.05, 0) is 106 Å². The fourth-order valence-corrected chi connectivity index (χ4v) is 7.90. The van der Waals surface area contributed by atoms with E-state index >= 15 is 0 Å². The maximum Gasteiger partial charge on any atom is 0.351 e. The second-order valence-electron chi connectivity index (χ2n) is 5.89. The zero-order chi connectivity index (χ0) is 25.1. The number of anilines is 1. The van der Waals surface area contributed by atoms with E-state index in [-0.39, 0.29) is 23.7 Å². The molecular weight excluding hydrogens is 1050 g/mol. The minimum Gasteiger partial charge on any atom is -0.346 e. The van der Waals surface area contributed by atoms with Crippen LogP contribution < -0.4 is 11.0 Å². The van der Waals surface area contributed by atoms with Crippen LogP contribution in [0.2, 0.25) is 0 Å². The highest BCUT2D eigenvalue weighted by atomic mass is 127. The summed E-state index contributed by atoms with van der Waals surface area (Å²) in [5.74, 6) is -0.295. The first kappa shape index (κ1) is 32.6. The standard InChI is InChI=1S/C16H15BrFI4N3O5P2S2/c17-8-13(29-11(9-28-33-31(19)20)14(18)30-34-32(21)22)25-7-6-12(24-16(25)27)23-15(26)10-4-2-1-3-5-10/h1-7,11,13-14H,8-9H2,(H,23,24,26,27)/t11-,13-,14-/m1/s1. The van der Waals surface area contributed by atoms with Gasteiger partial charge in [0, 0.05) is 40.4 Å². The largest absolute Gasteiger partial charge is 0.351 e. The van der Waals surface area contributed by atoms with Crippen LogP contribution in [0, 0.1) is 0 Å². The molecule has 2 aromatic rings. The number of ether oxygens (including phenoxy) is 1. The molecular formula is C16H15BrFI4N3O5P2S2. The van der Waals surface area contributed by atoms with Gasteiger partial charge < -0.3 is 14.2 Å². The minimum atomic E-state index is -1.77. The third-order valence-electron chi connectivity index (χ3n) is 3.71. The van der Waals surface area contributed by atoms with Crippen molar-refractivity contribution in [3.63, 3.8) is 0 Å². The average Bonchev–Trinajstić information content (AvgIpc) is 2.80. The smallest absolute Gasteiger partial charge is 0.346 e. The quantitative estimate of drug-likeness (QED) is 0.0872. The van der Waals surface area contributed by atoms with Crippen LogP contribution in [0.1, 0.15) is 16.6 Å². The number of alkyl halides is 2. The second kappa shape index (κ2) is 17.8. The number of nitrogens with one attached hydrogen (secondary N) is 1. The van der Waals surface area contributed by atoms with Crippen molar-refractivity contribution < 1.29 is 22.3 Å². The molecule has 1 N–H and O–H groups in total. The van der Waals surface area contributed by atoms with Gasteiger partial charge in [0.2, 0.25) is 6.36 Å². The molecule has 0 bridgehead atoms. The lowest BCUT2D eigenvalue weighted by Crippen LogP contribution is -2.37. The second-order valence-corrected chi connectivity index (χ2v) is 41.7. The summed E-state index contributed by atoms with van der Waals surface area (Å²) in [6, 6.07) is 10.0. The molecule has 0 radical (unpaired) electrons. The maximum absolute atomic E-state index is 14.8. The first-order chi connectivity index (χ1) is 16.2. The molecule has 1 amide bonds. The summed E-state index contributed by atoms with van der Waals surface area (Å²) in [6.45, 7) is -0.0749. The number of carbonyl (C=O) groups excluding carboxylic acids is 1. The highest BCUT2D eigenvalue weighted by Crippen LogP contribution is 2.66.